The van der Waals surface area contributed by atoms with E-state index in [-0.39, 0.29) is 12.2 Å². The van der Waals surface area contributed by atoms with Crippen molar-refractivity contribution < 1.29 is 14.3 Å². The number of hydrogen-bond donors (Lipinski definition) is 1. The number of ether oxygens (including phenoxy) is 2. The van der Waals surface area contributed by atoms with Crippen molar-refractivity contribution in [1.82, 2.24) is 0 Å². The predicted octanol–water partition coefficient (Wildman–Crippen LogP) is 4.20. The van der Waals surface area contributed by atoms with Crippen LogP contribution in [0.1, 0.15) is 22.8 Å². The molecule has 2 aromatic carbocycles. The Morgan fingerprint density at radius 2 is 1.90 bits per heavy atom. The number of anilines is 1. The molecule has 5 heteroatoms. The summed E-state index contributed by atoms with van der Waals surface area (Å²) < 4.78 is 10.7. The summed E-state index contributed by atoms with van der Waals surface area (Å²) in [5, 5.41) is 0.474. The topological polar surface area (TPSA) is 61.5 Å². The first-order valence-corrected chi connectivity index (χ1v) is 6.89. The van der Waals surface area contributed by atoms with Crippen LogP contribution in [-0.4, -0.2) is 12.6 Å². The summed E-state index contributed by atoms with van der Waals surface area (Å²) in [5.41, 5.74) is 7.47. The van der Waals surface area contributed by atoms with Crippen LogP contribution in [0.25, 0.3) is 0 Å². The third kappa shape index (κ3) is 3.67. The Bertz CT molecular complexity index is 671. The van der Waals surface area contributed by atoms with Gasteiger partial charge in [0, 0.05) is 5.69 Å². The maximum atomic E-state index is 12.0. The third-order valence-corrected chi connectivity index (χ3v) is 3.10. The van der Waals surface area contributed by atoms with Crippen LogP contribution in [0.5, 0.6) is 11.5 Å². The second-order valence-corrected chi connectivity index (χ2v) is 4.92. The van der Waals surface area contributed by atoms with Crippen molar-refractivity contribution in [1.29, 1.82) is 0 Å². The first-order chi connectivity index (χ1) is 10.0. The number of rotatable bonds is 4. The Hall–Kier alpha value is -2.20. The van der Waals surface area contributed by atoms with Crippen molar-refractivity contribution in [3.05, 3.63) is 52.5 Å². The number of carbonyl (C=O) groups excluding carboxylic acids is 1. The fraction of sp³-hybridized carbons (Fsp3) is 0.188. The van der Waals surface area contributed by atoms with Gasteiger partial charge >= 0.3 is 5.97 Å². The zero-order valence-corrected chi connectivity index (χ0v) is 12.6. The Kier molecular flexibility index (Phi) is 4.70. The van der Waals surface area contributed by atoms with Crippen LogP contribution in [-0.2, 0) is 4.74 Å². The Morgan fingerprint density at radius 3 is 2.57 bits per heavy atom. The molecule has 0 spiro atoms. The van der Waals surface area contributed by atoms with Gasteiger partial charge in [0.05, 0.1) is 11.6 Å². The monoisotopic (exact) mass is 305 g/mol. The van der Waals surface area contributed by atoms with Crippen LogP contribution >= 0.6 is 11.6 Å². The molecule has 0 saturated heterocycles. The fourth-order valence-corrected chi connectivity index (χ4v) is 2.09. The minimum absolute atomic E-state index is 0.272. The molecule has 110 valence electrons. The molecule has 0 saturated carbocycles. The lowest BCUT2D eigenvalue weighted by atomic mass is 10.1. The molecule has 0 aliphatic heterocycles. The second-order valence-electron chi connectivity index (χ2n) is 4.51. The van der Waals surface area contributed by atoms with E-state index in [0.29, 0.717) is 22.2 Å². The van der Waals surface area contributed by atoms with Gasteiger partial charge in [-0.15, -0.1) is 0 Å². The number of halogens is 1. The van der Waals surface area contributed by atoms with E-state index in [1.54, 1.807) is 31.2 Å². The summed E-state index contributed by atoms with van der Waals surface area (Å²) in [5.74, 6) is 0.342. The summed E-state index contributed by atoms with van der Waals surface area (Å²) >= 11 is 6.14. The Morgan fingerprint density at radius 1 is 1.19 bits per heavy atom. The Balaban J connectivity index is 2.37. The maximum absolute atomic E-state index is 12.0. The molecule has 0 fully saturated rings. The largest absolute Gasteiger partial charge is 0.462 e. The average Bonchev–Trinajstić information content (AvgIpc) is 2.43. The molecule has 0 aliphatic carbocycles. The van der Waals surface area contributed by atoms with Crippen LogP contribution in [0, 0.1) is 6.92 Å². The van der Waals surface area contributed by atoms with E-state index >= 15 is 0 Å². The van der Waals surface area contributed by atoms with Crippen molar-refractivity contribution >= 4 is 23.3 Å². The van der Waals surface area contributed by atoms with Gasteiger partial charge in [-0.25, -0.2) is 4.79 Å². The summed E-state index contributed by atoms with van der Waals surface area (Å²) in [6, 6.07) is 10.2. The van der Waals surface area contributed by atoms with Gasteiger partial charge in [-0.05, 0) is 49.7 Å². The van der Waals surface area contributed by atoms with Crippen molar-refractivity contribution in [2.24, 2.45) is 0 Å². The number of benzene rings is 2. The van der Waals surface area contributed by atoms with E-state index in [9.17, 15) is 4.79 Å². The van der Waals surface area contributed by atoms with Gasteiger partial charge < -0.3 is 15.2 Å². The normalized spacial score (nSPS) is 10.2. The maximum Gasteiger partial charge on any atom is 0.342 e. The SMILES string of the molecule is CCOC(=O)c1cc(N)ccc1Oc1ccc(C)cc1Cl. The molecule has 0 heterocycles. The number of aryl methyl sites for hydroxylation is 1. The average molecular weight is 306 g/mol. The van der Waals surface area contributed by atoms with E-state index < -0.39 is 5.97 Å². The molecular weight excluding hydrogens is 290 g/mol. The minimum atomic E-state index is -0.483. The summed E-state index contributed by atoms with van der Waals surface area (Å²) in [6.45, 7) is 3.95. The molecule has 0 unspecified atom stereocenters. The van der Waals surface area contributed by atoms with Gasteiger partial charge in [0.1, 0.15) is 17.1 Å². The van der Waals surface area contributed by atoms with Crippen molar-refractivity contribution in [2.45, 2.75) is 13.8 Å². The molecule has 2 N–H and O–H groups in total. The van der Waals surface area contributed by atoms with Crippen LogP contribution in [0.15, 0.2) is 36.4 Å². The second kappa shape index (κ2) is 6.50. The molecule has 0 bridgehead atoms. The number of esters is 1. The number of nitrogens with two attached hydrogens (primary N) is 1. The first-order valence-electron chi connectivity index (χ1n) is 6.52. The summed E-state index contributed by atoms with van der Waals surface area (Å²) in [6.07, 6.45) is 0. The van der Waals surface area contributed by atoms with Gasteiger partial charge in [-0.3, -0.25) is 0 Å². The third-order valence-electron chi connectivity index (χ3n) is 2.81. The highest BCUT2D eigenvalue weighted by Gasteiger charge is 2.16. The highest BCUT2D eigenvalue weighted by molar-refractivity contribution is 6.32. The zero-order valence-electron chi connectivity index (χ0n) is 11.9. The van der Waals surface area contributed by atoms with E-state index in [0.717, 1.165) is 5.56 Å². The molecule has 0 radical (unpaired) electrons. The highest BCUT2D eigenvalue weighted by Crippen LogP contribution is 2.33. The molecular formula is C16H16ClNO3. The number of nitrogen functional groups attached to an aromatic ring is 1. The molecule has 0 aromatic heterocycles. The van der Waals surface area contributed by atoms with E-state index in [1.807, 2.05) is 13.0 Å². The minimum Gasteiger partial charge on any atom is -0.462 e. The van der Waals surface area contributed by atoms with Crippen LogP contribution in [0.4, 0.5) is 5.69 Å². The molecule has 2 rings (SSSR count). The van der Waals surface area contributed by atoms with E-state index in [2.05, 4.69) is 0 Å². The molecule has 4 nitrogen and oxygen atoms in total. The number of hydrogen-bond acceptors (Lipinski definition) is 4. The highest BCUT2D eigenvalue weighted by atomic mass is 35.5. The van der Waals surface area contributed by atoms with Crippen molar-refractivity contribution in [3.63, 3.8) is 0 Å². The van der Waals surface area contributed by atoms with E-state index in [4.69, 9.17) is 26.8 Å². The van der Waals surface area contributed by atoms with Crippen LogP contribution in [0.3, 0.4) is 0 Å². The lowest BCUT2D eigenvalue weighted by Gasteiger charge is -2.12. The molecule has 0 amide bonds. The lowest BCUT2D eigenvalue weighted by Crippen LogP contribution is -2.07. The molecule has 0 aliphatic rings. The van der Waals surface area contributed by atoms with Gasteiger partial charge in [-0.1, -0.05) is 17.7 Å². The molecule has 21 heavy (non-hydrogen) atoms. The van der Waals surface area contributed by atoms with Crippen molar-refractivity contribution in [3.8, 4) is 11.5 Å². The Labute approximate surface area is 128 Å². The zero-order chi connectivity index (χ0) is 15.4. The number of carbonyl (C=O) groups is 1. The molecule has 2 aromatic rings. The van der Waals surface area contributed by atoms with Gasteiger partial charge in [-0.2, -0.15) is 0 Å². The van der Waals surface area contributed by atoms with Gasteiger partial charge in [0.15, 0.2) is 0 Å². The van der Waals surface area contributed by atoms with Gasteiger partial charge in [0.25, 0.3) is 0 Å². The fourth-order valence-electron chi connectivity index (χ4n) is 1.81. The lowest BCUT2D eigenvalue weighted by molar-refractivity contribution is 0.0523. The smallest absolute Gasteiger partial charge is 0.342 e. The summed E-state index contributed by atoms with van der Waals surface area (Å²) in [4.78, 5) is 12.0. The standard InChI is InChI=1S/C16H16ClNO3/c1-3-20-16(19)12-9-11(18)5-7-14(12)21-15-6-4-10(2)8-13(15)17/h4-9H,3,18H2,1-2H3. The van der Waals surface area contributed by atoms with Crippen molar-refractivity contribution in [2.75, 3.05) is 12.3 Å². The van der Waals surface area contributed by atoms with Crippen LogP contribution < -0.4 is 10.5 Å². The predicted molar refractivity (Wildman–Crippen MR) is 83.1 cm³/mol. The first kappa shape index (κ1) is 15.2. The van der Waals surface area contributed by atoms with E-state index in [1.165, 1.54) is 6.07 Å². The molecule has 0 atom stereocenters. The van der Waals surface area contributed by atoms with Gasteiger partial charge in [0.2, 0.25) is 0 Å². The van der Waals surface area contributed by atoms with Crippen LogP contribution in [0.2, 0.25) is 5.02 Å². The summed E-state index contributed by atoms with van der Waals surface area (Å²) in [7, 11) is 0. The quantitative estimate of drug-likeness (QED) is 0.679.